The molecule has 154 valence electrons. The first kappa shape index (κ1) is 20.7. The second-order valence-electron chi connectivity index (χ2n) is 7.93. The van der Waals surface area contributed by atoms with E-state index < -0.39 is 8.07 Å². The molecule has 0 aliphatic heterocycles. The van der Waals surface area contributed by atoms with Crippen LogP contribution in [-0.2, 0) is 0 Å². The first-order valence-corrected chi connectivity index (χ1v) is 13.6. The Bertz CT molecular complexity index is 1180. The first-order valence-electron chi connectivity index (χ1n) is 10.8. The molecule has 0 heterocycles. The summed E-state index contributed by atoms with van der Waals surface area (Å²) in [7, 11) is -2.44. The van der Waals surface area contributed by atoms with Crippen molar-refractivity contribution in [3.8, 4) is 11.1 Å². The van der Waals surface area contributed by atoms with Crippen molar-refractivity contribution in [2.75, 3.05) is 0 Å². The number of hydrogen-bond donors (Lipinski definition) is 0. The van der Waals surface area contributed by atoms with Crippen LogP contribution in [0.5, 0.6) is 0 Å². The molecule has 2 heteroatoms. The fourth-order valence-electron chi connectivity index (χ4n) is 4.62. The number of rotatable bonds is 5. The van der Waals surface area contributed by atoms with E-state index in [2.05, 4.69) is 155 Å². The topological polar surface area (TPSA) is 0 Å². The molecule has 0 nitrogen and oxygen atoms in total. The van der Waals surface area contributed by atoms with Crippen LogP contribution >= 0.6 is 15.9 Å². The SMILES string of the molecule is Brc1ccc(-c2ccc([Si](c3ccccc3)(c3ccccc3)c3ccccc3)cc2)cc1. The third kappa shape index (κ3) is 3.77. The number of benzene rings is 5. The van der Waals surface area contributed by atoms with Crippen LogP contribution in [0.4, 0.5) is 0 Å². The average molecular weight is 492 g/mol. The van der Waals surface area contributed by atoms with E-state index in [9.17, 15) is 0 Å². The second-order valence-corrected chi connectivity index (χ2v) is 12.7. The van der Waals surface area contributed by atoms with Crippen molar-refractivity contribution in [2.45, 2.75) is 0 Å². The zero-order chi connectivity index (χ0) is 21.8. The molecule has 32 heavy (non-hydrogen) atoms. The molecule has 0 atom stereocenters. The molecule has 5 rings (SSSR count). The number of hydrogen-bond acceptors (Lipinski definition) is 0. The molecule has 0 spiro atoms. The van der Waals surface area contributed by atoms with E-state index in [-0.39, 0.29) is 0 Å². The summed E-state index contributed by atoms with van der Waals surface area (Å²) in [6.45, 7) is 0. The first-order chi connectivity index (χ1) is 15.8. The van der Waals surface area contributed by atoms with Crippen molar-refractivity contribution >= 4 is 44.8 Å². The van der Waals surface area contributed by atoms with Crippen LogP contribution in [0.1, 0.15) is 0 Å². The Balaban J connectivity index is 1.76. The van der Waals surface area contributed by atoms with Crippen molar-refractivity contribution in [2.24, 2.45) is 0 Å². The van der Waals surface area contributed by atoms with Crippen LogP contribution in [-0.4, -0.2) is 8.07 Å². The van der Waals surface area contributed by atoms with E-state index in [0.717, 1.165) is 4.47 Å². The third-order valence-electron chi connectivity index (χ3n) is 6.12. The summed E-state index contributed by atoms with van der Waals surface area (Å²) in [4.78, 5) is 0. The third-order valence-corrected chi connectivity index (χ3v) is 11.4. The standard InChI is InChI=1S/C30H23BrSi/c31-26-20-16-24(17-21-26)25-18-22-30(23-19-25)32(27-10-4-1-5-11-27,28-12-6-2-7-13-28)29-14-8-3-9-15-29/h1-23H. The summed E-state index contributed by atoms with van der Waals surface area (Å²) in [5, 5.41) is 5.58. The Hall–Kier alpha value is -3.20. The summed E-state index contributed by atoms with van der Waals surface area (Å²) < 4.78 is 1.10. The zero-order valence-corrected chi connectivity index (χ0v) is 20.2. The van der Waals surface area contributed by atoms with Crippen LogP contribution in [0.25, 0.3) is 11.1 Å². The Morgan fingerprint density at radius 3 is 1.03 bits per heavy atom. The highest BCUT2D eigenvalue weighted by Crippen LogP contribution is 2.21. The molecule has 0 aliphatic carbocycles. The average Bonchev–Trinajstić information content (AvgIpc) is 2.88. The van der Waals surface area contributed by atoms with Gasteiger partial charge in [-0.15, -0.1) is 0 Å². The summed E-state index contributed by atoms with van der Waals surface area (Å²) in [5.74, 6) is 0. The molecule has 0 radical (unpaired) electrons. The van der Waals surface area contributed by atoms with Crippen LogP contribution in [0.15, 0.2) is 144 Å². The van der Waals surface area contributed by atoms with Crippen LogP contribution in [0.2, 0.25) is 0 Å². The highest BCUT2D eigenvalue weighted by Gasteiger charge is 2.41. The molecule has 0 aliphatic rings. The van der Waals surface area contributed by atoms with E-state index in [1.165, 1.54) is 31.9 Å². The Morgan fingerprint density at radius 1 is 0.344 bits per heavy atom. The lowest BCUT2D eigenvalue weighted by molar-refractivity contribution is 1.60. The van der Waals surface area contributed by atoms with Gasteiger partial charge in [0.25, 0.3) is 0 Å². The van der Waals surface area contributed by atoms with Crippen LogP contribution < -0.4 is 20.7 Å². The van der Waals surface area contributed by atoms with Gasteiger partial charge in [0, 0.05) is 4.47 Å². The Labute approximate surface area is 199 Å². The summed E-state index contributed by atoms with van der Waals surface area (Å²) >= 11 is 3.54. The number of halogens is 1. The lowest BCUT2D eigenvalue weighted by Gasteiger charge is -2.34. The van der Waals surface area contributed by atoms with E-state index in [4.69, 9.17) is 0 Å². The lowest BCUT2D eigenvalue weighted by atomic mass is 10.1. The molecule has 0 N–H and O–H groups in total. The maximum atomic E-state index is 3.54. The molecule has 0 unspecified atom stereocenters. The maximum Gasteiger partial charge on any atom is 0.179 e. The van der Waals surface area contributed by atoms with Crippen molar-refractivity contribution < 1.29 is 0 Å². The van der Waals surface area contributed by atoms with Crippen molar-refractivity contribution in [3.05, 3.63) is 144 Å². The van der Waals surface area contributed by atoms with Gasteiger partial charge in [0.15, 0.2) is 8.07 Å². The predicted molar refractivity (Wildman–Crippen MR) is 143 cm³/mol. The maximum absolute atomic E-state index is 3.54. The summed E-state index contributed by atoms with van der Waals surface area (Å²) in [5.41, 5.74) is 2.46. The minimum absolute atomic E-state index is 1.10. The minimum atomic E-state index is -2.44. The van der Waals surface area contributed by atoms with Crippen molar-refractivity contribution in [3.63, 3.8) is 0 Å². The molecular weight excluding hydrogens is 468 g/mol. The predicted octanol–water partition coefficient (Wildman–Crippen LogP) is 5.49. The van der Waals surface area contributed by atoms with Gasteiger partial charge >= 0.3 is 0 Å². The fraction of sp³-hybridized carbons (Fsp3) is 0. The van der Waals surface area contributed by atoms with Crippen molar-refractivity contribution in [1.29, 1.82) is 0 Å². The molecule has 0 aromatic heterocycles. The van der Waals surface area contributed by atoms with Crippen LogP contribution in [0.3, 0.4) is 0 Å². The van der Waals surface area contributed by atoms with Gasteiger partial charge in [0.2, 0.25) is 0 Å². The highest BCUT2D eigenvalue weighted by atomic mass is 79.9. The van der Waals surface area contributed by atoms with E-state index in [0.29, 0.717) is 0 Å². The van der Waals surface area contributed by atoms with Crippen LogP contribution in [0, 0.1) is 0 Å². The lowest BCUT2D eigenvalue weighted by Crippen LogP contribution is -2.74. The van der Waals surface area contributed by atoms with Gasteiger partial charge in [0.05, 0.1) is 0 Å². The smallest absolute Gasteiger partial charge is 0.0623 e. The summed E-state index contributed by atoms with van der Waals surface area (Å²) in [6, 6.07) is 50.9. The van der Waals surface area contributed by atoms with Crippen molar-refractivity contribution in [1.82, 2.24) is 0 Å². The molecule has 0 amide bonds. The van der Waals surface area contributed by atoms with E-state index >= 15 is 0 Å². The molecule has 0 saturated carbocycles. The van der Waals surface area contributed by atoms with Gasteiger partial charge < -0.3 is 0 Å². The highest BCUT2D eigenvalue weighted by molar-refractivity contribution is 9.10. The largest absolute Gasteiger partial charge is 0.179 e. The van der Waals surface area contributed by atoms with Gasteiger partial charge in [-0.2, -0.15) is 0 Å². The quantitative estimate of drug-likeness (QED) is 0.225. The van der Waals surface area contributed by atoms with Gasteiger partial charge in [-0.25, -0.2) is 0 Å². The normalized spacial score (nSPS) is 11.3. The molecule has 5 aromatic rings. The van der Waals surface area contributed by atoms with Gasteiger partial charge in [-0.1, -0.05) is 143 Å². The molecule has 0 fully saturated rings. The minimum Gasteiger partial charge on any atom is -0.0623 e. The Morgan fingerprint density at radius 2 is 0.656 bits per heavy atom. The summed E-state index contributed by atoms with van der Waals surface area (Å²) in [6.07, 6.45) is 0. The Kier molecular flexibility index (Phi) is 5.89. The molecule has 5 aromatic carbocycles. The molecule has 0 bridgehead atoms. The molecule has 0 saturated heterocycles. The van der Waals surface area contributed by atoms with Gasteiger partial charge in [-0.3, -0.25) is 0 Å². The monoisotopic (exact) mass is 490 g/mol. The second kappa shape index (κ2) is 9.11. The molecular formula is C30H23BrSi. The fourth-order valence-corrected chi connectivity index (χ4v) is 9.63. The van der Waals surface area contributed by atoms with Gasteiger partial charge in [0.1, 0.15) is 0 Å². The van der Waals surface area contributed by atoms with E-state index in [1.807, 2.05) is 0 Å². The van der Waals surface area contributed by atoms with E-state index in [1.54, 1.807) is 0 Å². The van der Waals surface area contributed by atoms with Gasteiger partial charge in [-0.05, 0) is 44.0 Å². The zero-order valence-electron chi connectivity index (χ0n) is 17.7.